The number of hydrogen-bond acceptors (Lipinski definition) is 3. The molecule has 3 N–H and O–H groups in total. The highest BCUT2D eigenvalue weighted by Crippen LogP contribution is 2.15. The van der Waals surface area contributed by atoms with Gasteiger partial charge in [0.25, 0.3) is 5.91 Å². The van der Waals surface area contributed by atoms with E-state index in [-0.39, 0.29) is 18.9 Å². The molecule has 5 nitrogen and oxygen atoms in total. The highest BCUT2D eigenvalue weighted by Gasteiger charge is 2.12. The second-order valence-corrected chi connectivity index (χ2v) is 4.31. The van der Waals surface area contributed by atoms with Gasteiger partial charge in [0.1, 0.15) is 0 Å². The number of aliphatic carboxylic acids is 1. The zero-order chi connectivity index (χ0) is 13.0. The Bertz CT molecular complexity index is 471. The van der Waals surface area contributed by atoms with Crippen molar-refractivity contribution in [3.63, 3.8) is 0 Å². The molecule has 0 radical (unpaired) electrons. The van der Waals surface area contributed by atoms with Gasteiger partial charge in [-0.3, -0.25) is 9.59 Å². The smallest absolute Gasteiger partial charge is 0.305 e. The lowest BCUT2D eigenvalue weighted by Gasteiger charge is -2.17. The third-order valence-electron chi connectivity index (χ3n) is 2.98. The Morgan fingerprint density at radius 1 is 1.33 bits per heavy atom. The Labute approximate surface area is 105 Å². The van der Waals surface area contributed by atoms with Gasteiger partial charge in [0.05, 0.1) is 6.42 Å². The maximum absolute atomic E-state index is 11.8. The predicted octanol–water partition coefficient (Wildman–Crippen LogP) is 0.537. The molecule has 1 aromatic carbocycles. The lowest BCUT2D eigenvalue weighted by molar-refractivity contribution is -0.136. The summed E-state index contributed by atoms with van der Waals surface area (Å²) in [5.41, 5.74) is 3.02. The van der Waals surface area contributed by atoms with Gasteiger partial charge in [0.15, 0.2) is 0 Å². The number of carboxylic acids is 1. The number of carbonyl (C=O) groups is 2. The van der Waals surface area contributed by atoms with E-state index >= 15 is 0 Å². The van der Waals surface area contributed by atoms with Gasteiger partial charge in [-0.15, -0.1) is 0 Å². The van der Waals surface area contributed by atoms with Crippen LogP contribution in [0.5, 0.6) is 0 Å². The van der Waals surface area contributed by atoms with Gasteiger partial charge in [-0.25, -0.2) is 0 Å². The van der Waals surface area contributed by atoms with Crippen LogP contribution >= 0.6 is 0 Å². The topological polar surface area (TPSA) is 78.4 Å². The molecule has 0 aromatic heterocycles. The Kier molecular flexibility index (Phi) is 3.94. The number of amides is 1. The Morgan fingerprint density at radius 3 is 2.94 bits per heavy atom. The molecule has 0 atom stereocenters. The van der Waals surface area contributed by atoms with Gasteiger partial charge in [-0.2, -0.15) is 0 Å². The number of fused-ring (bicyclic) bond motifs is 1. The second-order valence-electron chi connectivity index (χ2n) is 4.31. The number of nitrogens with one attached hydrogen (secondary N) is 2. The van der Waals surface area contributed by atoms with Crippen molar-refractivity contribution in [1.29, 1.82) is 0 Å². The molecule has 0 fully saturated rings. The zero-order valence-corrected chi connectivity index (χ0v) is 10.0. The molecular weight excluding hydrogens is 232 g/mol. The number of rotatable bonds is 4. The third kappa shape index (κ3) is 3.07. The van der Waals surface area contributed by atoms with Crippen LogP contribution in [0, 0.1) is 0 Å². The molecule has 1 aliphatic rings. The molecule has 18 heavy (non-hydrogen) atoms. The summed E-state index contributed by atoms with van der Waals surface area (Å²) in [5.74, 6) is -1.12. The van der Waals surface area contributed by atoms with Gasteiger partial charge >= 0.3 is 5.97 Å². The van der Waals surface area contributed by atoms with E-state index in [1.807, 2.05) is 12.1 Å². The van der Waals surface area contributed by atoms with Crippen LogP contribution in [0.3, 0.4) is 0 Å². The van der Waals surface area contributed by atoms with Gasteiger partial charge in [0, 0.05) is 18.7 Å². The van der Waals surface area contributed by atoms with Crippen LogP contribution in [0.2, 0.25) is 0 Å². The van der Waals surface area contributed by atoms with Crippen molar-refractivity contribution >= 4 is 11.9 Å². The van der Waals surface area contributed by atoms with Crippen LogP contribution < -0.4 is 10.6 Å². The molecule has 0 saturated heterocycles. The Hall–Kier alpha value is -1.88. The molecule has 5 heteroatoms. The fourth-order valence-electron chi connectivity index (χ4n) is 2.00. The van der Waals surface area contributed by atoms with Crippen LogP contribution in [-0.2, 0) is 17.8 Å². The van der Waals surface area contributed by atoms with E-state index in [2.05, 4.69) is 10.6 Å². The fourth-order valence-corrected chi connectivity index (χ4v) is 2.00. The largest absolute Gasteiger partial charge is 0.481 e. The summed E-state index contributed by atoms with van der Waals surface area (Å²) in [7, 11) is 0. The number of carboxylic acid groups (broad SMARTS) is 1. The minimum atomic E-state index is -0.910. The summed E-state index contributed by atoms with van der Waals surface area (Å²) in [5, 5.41) is 14.4. The van der Waals surface area contributed by atoms with Crippen molar-refractivity contribution in [3.05, 3.63) is 34.9 Å². The molecule has 0 saturated carbocycles. The predicted molar refractivity (Wildman–Crippen MR) is 66.4 cm³/mol. The number of carbonyl (C=O) groups excluding carboxylic acids is 1. The van der Waals surface area contributed by atoms with E-state index in [4.69, 9.17) is 5.11 Å². The van der Waals surface area contributed by atoms with E-state index < -0.39 is 5.97 Å². The van der Waals surface area contributed by atoms with Crippen molar-refractivity contribution < 1.29 is 14.7 Å². The maximum atomic E-state index is 11.8. The van der Waals surface area contributed by atoms with Gasteiger partial charge < -0.3 is 15.7 Å². The standard InChI is InChI=1S/C13H16N2O3/c16-12(17)4-6-15-13(18)10-1-2-11-8-14-5-3-9(11)7-10/h1-2,7,14H,3-6,8H2,(H,15,18)(H,16,17). The van der Waals surface area contributed by atoms with Crippen molar-refractivity contribution in [2.45, 2.75) is 19.4 Å². The Morgan fingerprint density at radius 2 is 2.17 bits per heavy atom. The van der Waals surface area contributed by atoms with Gasteiger partial charge in [-0.05, 0) is 36.2 Å². The molecule has 96 valence electrons. The average Bonchev–Trinajstić information content (AvgIpc) is 2.37. The highest BCUT2D eigenvalue weighted by molar-refractivity contribution is 5.94. The summed E-state index contributed by atoms with van der Waals surface area (Å²) in [4.78, 5) is 22.1. The molecule has 0 unspecified atom stereocenters. The molecule has 1 aliphatic heterocycles. The summed E-state index contributed by atoms with van der Waals surface area (Å²) in [6.07, 6.45) is 0.867. The fraction of sp³-hybridized carbons (Fsp3) is 0.385. The summed E-state index contributed by atoms with van der Waals surface area (Å²) in [6.45, 7) is 1.93. The van der Waals surface area contributed by atoms with Crippen LogP contribution in [0.1, 0.15) is 27.9 Å². The van der Waals surface area contributed by atoms with E-state index in [0.717, 1.165) is 19.5 Å². The SMILES string of the molecule is O=C(O)CCNC(=O)c1ccc2c(c1)CCNC2. The van der Waals surface area contributed by atoms with Gasteiger partial charge in [-0.1, -0.05) is 6.07 Å². The Balaban J connectivity index is 2.00. The third-order valence-corrected chi connectivity index (χ3v) is 2.98. The van der Waals surface area contributed by atoms with Crippen LogP contribution in [0.15, 0.2) is 18.2 Å². The minimum absolute atomic E-state index is 0.0550. The molecule has 1 amide bonds. The summed E-state index contributed by atoms with van der Waals surface area (Å²) >= 11 is 0. The molecule has 0 spiro atoms. The normalized spacial score (nSPS) is 13.8. The van der Waals surface area contributed by atoms with Crippen molar-refractivity contribution in [2.75, 3.05) is 13.1 Å². The monoisotopic (exact) mass is 248 g/mol. The average molecular weight is 248 g/mol. The minimum Gasteiger partial charge on any atom is -0.481 e. The second kappa shape index (κ2) is 5.64. The molecule has 0 aliphatic carbocycles. The first-order valence-corrected chi connectivity index (χ1v) is 5.99. The van der Waals surface area contributed by atoms with Crippen molar-refractivity contribution in [1.82, 2.24) is 10.6 Å². The first-order chi connectivity index (χ1) is 8.66. The van der Waals surface area contributed by atoms with Crippen LogP contribution in [-0.4, -0.2) is 30.1 Å². The van der Waals surface area contributed by atoms with E-state index in [1.54, 1.807) is 6.07 Å². The lowest BCUT2D eigenvalue weighted by Crippen LogP contribution is -2.27. The molecule has 1 aromatic rings. The summed E-state index contributed by atoms with van der Waals surface area (Å²) < 4.78 is 0. The van der Waals surface area contributed by atoms with Gasteiger partial charge in [0.2, 0.25) is 0 Å². The van der Waals surface area contributed by atoms with Crippen molar-refractivity contribution in [2.24, 2.45) is 0 Å². The van der Waals surface area contributed by atoms with Crippen LogP contribution in [0.25, 0.3) is 0 Å². The van der Waals surface area contributed by atoms with E-state index in [1.165, 1.54) is 11.1 Å². The van der Waals surface area contributed by atoms with Crippen molar-refractivity contribution in [3.8, 4) is 0 Å². The lowest BCUT2D eigenvalue weighted by atomic mass is 9.98. The molecule has 2 rings (SSSR count). The summed E-state index contributed by atoms with van der Waals surface area (Å²) in [6, 6.07) is 5.63. The molecule has 0 bridgehead atoms. The quantitative estimate of drug-likeness (QED) is 0.726. The first kappa shape index (κ1) is 12.6. The highest BCUT2D eigenvalue weighted by atomic mass is 16.4. The van der Waals surface area contributed by atoms with E-state index in [9.17, 15) is 9.59 Å². The maximum Gasteiger partial charge on any atom is 0.305 e. The van der Waals surface area contributed by atoms with E-state index in [0.29, 0.717) is 5.56 Å². The zero-order valence-electron chi connectivity index (χ0n) is 10.0. The number of benzene rings is 1. The first-order valence-electron chi connectivity index (χ1n) is 5.99. The molecular formula is C13H16N2O3. The van der Waals surface area contributed by atoms with Crippen LogP contribution in [0.4, 0.5) is 0 Å². The molecule has 1 heterocycles. The number of hydrogen-bond donors (Lipinski definition) is 3.